The molecule has 0 atom stereocenters. The average Bonchev–Trinajstić information content (AvgIpc) is 2.39. The van der Waals surface area contributed by atoms with Crippen molar-refractivity contribution in [2.24, 2.45) is 0 Å². The van der Waals surface area contributed by atoms with Gasteiger partial charge >= 0.3 is 0 Å². The molecule has 1 rings (SSSR count). The molecule has 0 aromatic heterocycles. The molecule has 4 heteroatoms. The Morgan fingerprint density at radius 1 is 1.64 bits per heavy atom. The number of hydrogen-bond donors (Lipinski definition) is 0. The highest BCUT2D eigenvalue weighted by molar-refractivity contribution is 6.54. The Bertz CT molecular complexity index is 179. The van der Waals surface area contributed by atoms with Crippen LogP contribution in [0.5, 0.6) is 0 Å². The van der Waals surface area contributed by atoms with Gasteiger partial charge in [-0.15, -0.1) is 0 Å². The number of carbonyl (C=O) groups excluding carboxylic acids is 1. The highest BCUT2D eigenvalue weighted by Crippen LogP contribution is 2.17. The molecule has 11 heavy (non-hydrogen) atoms. The van der Waals surface area contributed by atoms with Crippen LogP contribution in [0.25, 0.3) is 0 Å². The summed E-state index contributed by atoms with van der Waals surface area (Å²) < 4.78 is 5.10. The molecule has 0 bridgehead atoms. The third kappa shape index (κ3) is 2.72. The Labute approximate surface area is 75.1 Å². The lowest BCUT2D eigenvalue weighted by Crippen LogP contribution is -2.04. The average molecular weight is 195 g/mol. The van der Waals surface area contributed by atoms with Gasteiger partial charge in [0.2, 0.25) is 0 Å². The molecule has 1 aliphatic rings. The van der Waals surface area contributed by atoms with Crippen molar-refractivity contribution in [2.75, 3.05) is 6.61 Å². The number of rotatable bonds is 2. The Morgan fingerprint density at radius 3 is 2.82 bits per heavy atom. The Kier molecular flexibility index (Phi) is 3.21. The highest BCUT2D eigenvalue weighted by atomic mass is 35.5. The molecule has 1 heterocycles. The van der Waals surface area contributed by atoms with E-state index in [0.717, 1.165) is 12.8 Å². The summed E-state index contributed by atoms with van der Waals surface area (Å²) in [5, 5.41) is 0. The number of ether oxygens (including phenoxy) is 1. The van der Waals surface area contributed by atoms with E-state index in [1.807, 2.05) is 0 Å². The van der Waals surface area contributed by atoms with Crippen molar-refractivity contribution >= 4 is 29.0 Å². The van der Waals surface area contributed by atoms with Crippen LogP contribution in [0.3, 0.4) is 0 Å². The molecule has 1 fully saturated rings. The summed E-state index contributed by atoms with van der Waals surface area (Å²) in [6, 6.07) is 0. The van der Waals surface area contributed by atoms with Gasteiger partial charge in [0, 0.05) is 12.5 Å². The van der Waals surface area contributed by atoms with Crippen molar-refractivity contribution in [3.63, 3.8) is 0 Å². The molecule has 0 unspecified atom stereocenters. The van der Waals surface area contributed by atoms with Gasteiger partial charge in [0.05, 0.1) is 12.4 Å². The van der Waals surface area contributed by atoms with E-state index in [1.54, 1.807) is 0 Å². The van der Waals surface area contributed by atoms with Gasteiger partial charge < -0.3 is 4.74 Å². The van der Waals surface area contributed by atoms with Gasteiger partial charge in [-0.1, -0.05) is 23.2 Å². The molecule has 1 aliphatic heterocycles. The SMILES string of the molecule is O=C(/C=C1\CCCO1)C(Cl)Cl. The van der Waals surface area contributed by atoms with E-state index in [0.29, 0.717) is 12.4 Å². The normalized spacial score (nSPS) is 20.8. The van der Waals surface area contributed by atoms with Crippen molar-refractivity contribution < 1.29 is 9.53 Å². The number of carbonyl (C=O) groups is 1. The lowest BCUT2D eigenvalue weighted by atomic mass is 10.3. The van der Waals surface area contributed by atoms with E-state index in [1.165, 1.54) is 6.08 Å². The topological polar surface area (TPSA) is 26.3 Å². The van der Waals surface area contributed by atoms with Crippen LogP contribution in [0.4, 0.5) is 0 Å². The van der Waals surface area contributed by atoms with Crippen LogP contribution in [0, 0.1) is 0 Å². The summed E-state index contributed by atoms with van der Waals surface area (Å²) >= 11 is 10.6. The predicted molar refractivity (Wildman–Crippen MR) is 43.8 cm³/mol. The first-order chi connectivity index (χ1) is 5.20. The third-order valence-electron chi connectivity index (χ3n) is 1.37. The standard InChI is InChI=1S/C7H8Cl2O2/c8-7(9)6(10)4-5-2-1-3-11-5/h4,7H,1-3H2/b5-4+. The molecule has 62 valence electrons. The van der Waals surface area contributed by atoms with Crippen molar-refractivity contribution in [3.8, 4) is 0 Å². The maximum atomic E-state index is 10.9. The van der Waals surface area contributed by atoms with E-state index >= 15 is 0 Å². The molecule has 0 aliphatic carbocycles. The first kappa shape index (κ1) is 8.88. The second-order valence-corrected chi connectivity index (χ2v) is 3.36. The quantitative estimate of drug-likeness (QED) is 0.497. The largest absolute Gasteiger partial charge is 0.498 e. The van der Waals surface area contributed by atoms with Crippen molar-refractivity contribution in [1.29, 1.82) is 0 Å². The number of halogens is 2. The Hall–Kier alpha value is -0.210. The Balaban J connectivity index is 2.50. The molecule has 0 aromatic carbocycles. The second kappa shape index (κ2) is 3.98. The molecule has 0 amide bonds. The van der Waals surface area contributed by atoms with Crippen LogP contribution in [-0.2, 0) is 9.53 Å². The fourth-order valence-electron chi connectivity index (χ4n) is 0.857. The predicted octanol–water partition coefficient (Wildman–Crippen LogP) is 2.05. The molecule has 0 radical (unpaired) electrons. The number of ketones is 1. The van der Waals surface area contributed by atoms with Crippen LogP contribution in [0.2, 0.25) is 0 Å². The number of alkyl halides is 2. The maximum Gasteiger partial charge on any atom is 0.191 e. The summed E-state index contributed by atoms with van der Waals surface area (Å²) in [6.45, 7) is 0.689. The third-order valence-corrected chi connectivity index (χ3v) is 1.80. The first-order valence-electron chi connectivity index (χ1n) is 3.35. The van der Waals surface area contributed by atoms with Gasteiger partial charge in [0.25, 0.3) is 0 Å². The van der Waals surface area contributed by atoms with Gasteiger partial charge in [-0.25, -0.2) is 0 Å². The van der Waals surface area contributed by atoms with Gasteiger partial charge in [0.1, 0.15) is 0 Å². The lowest BCUT2D eigenvalue weighted by molar-refractivity contribution is -0.113. The van der Waals surface area contributed by atoms with E-state index in [4.69, 9.17) is 27.9 Å². The van der Waals surface area contributed by atoms with E-state index < -0.39 is 4.84 Å². The summed E-state index contributed by atoms with van der Waals surface area (Å²) in [5.41, 5.74) is 0. The zero-order chi connectivity index (χ0) is 8.27. The maximum absolute atomic E-state index is 10.9. The molecule has 0 spiro atoms. The second-order valence-electron chi connectivity index (χ2n) is 2.27. The van der Waals surface area contributed by atoms with Crippen LogP contribution >= 0.6 is 23.2 Å². The minimum absolute atomic E-state index is 0.301. The molecule has 2 nitrogen and oxygen atoms in total. The van der Waals surface area contributed by atoms with Crippen molar-refractivity contribution in [1.82, 2.24) is 0 Å². The van der Waals surface area contributed by atoms with E-state index in [-0.39, 0.29) is 5.78 Å². The summed E-state index contributed by atoms with van der Waals surface area (Å²) in [7, 11) is 0. The van der Waals surface area contributed by atoms with Crippen LogP contribution in [0.1, 0.15) is 12.8 Å². The minimum atomic E-state index is -0.966. The van der Waals surface area contributed by atoms with Crippen molar-refractivity contribution in [2.45, 2.75) is 17.7 Å². The molecular formula is C7H8Cl2O2. The van der Waals surface area contributed by atoms with Crippen LogP contribution in [0.15, 0.2) is 11.8 Å². The summed E-state index contributed by atoms with van der Waals surface area (Å²) in [4.78, 5) is 9.91. The van der Waals surface area contributed by atoms with Crippen molar-refractivity contribution in [3.05, 3.63) is 11.8 Å². The summed E-state index contributed by atoms with van der Waals surface area (Å²) in [5.74, 6) is 0.395. The van der Waals surface area contributed by atoms with Crippen LogP contribution < -0.4 is 0 Å². The van der Waals surface area contributed by atoms with Gasteiger partial charge in [0.15, 0.2) is 10.6 Å². The number of hydrogen-bond acceptors (Lipinski definition) is 2. The molecule has 0 aromatic rings. The molecule has 1 saturated heterocycles. The zero-order valence-corrected chi connectivity index (χ0v) is 7.36. The lowest BCUT2D eigenvalue weighted by Gasteiger charge is -1.97. The fourth-order valence-corrected chi connectivity index (χ4v) is 0.983. The molecule has 0 saturated carbocycles. The Morgan fingerprint density at radius 2 is 2.36 bits per heavy atom. The van der Waals surface area contributed by atoms with E-state index in [2.05, 4.69) is 0 Å². The fraction of sp³-hybridized carbons (Fsp3) is 0.571. The molecule has 0 N–H and O–H groups in total. The van der Waals surface area contributed by atoms with E-state index in [9.17, 15) is 4.79 Å². The van der Waals surface area contributed by atoms with Crippen LogP contribution in [-0.4, -0.2) is 17.2 Å². The highest BCUT2D eigenvalue weighted by Gasteiger charge is 2.13. The molecular weight excluding hydrogens is 187 g/mol. The zero-order valence-electron chi connectivity index (χ0n) is 5.85. The summed E-state index contributed by atoms with van der Waals surface area (Å²) in [6.07, 6.45) is 3.15. The number of allylic oxidation sites excluding steroid dienone is 2. The van der Waals surface area contributed by atoms with Gasteiger partial charge in [-0.3, -0.25) is 4.79 Å². The minimum Gasteiger partial charge on any atom is -0.498 e. The monoisotopic (exact) mass is 194 g/mol. The smallest absolute Gasteiger partial charge is 0.191 e. The first-order valence-corrected chi connectivity index (χ1v) is 4.23. The van der Waals surface area contributed by atoms with Gasteiger partial charge in [-0.05, 0) is 6.42 Å². The van der Waals surface area contributed by atoms with Gasteiger partial charge in [-0.2, -0.15) is 0 Å².